The molecule has 0 spiro atoms. The molecule has 2 aromatic rings. The molecule has 3 rings (SSSR count). The molecule has 20 heavy (non-hydrogen) atoms. The molecular weight excluding hydrogens is 252 g/mol. The molecule has 0 aliphatic carbocycles. The molecule has 1 atom stereocenters. The van der Waals surface area contributed by atoms with Gasteiger partial charge < -0.3 is 4.74 Å². The summed E-state index contributed by atoms with van der Waals surface area (Å²) >= 11 is 0. The molecule has 1 aliphatic rings. The van der Waals surface area contributed by atoms with E-state index < -0.39 is 0 Å². The number of esters is 1. The third kappa shape index (κ3) is 2.12. The van der Waals surface area contributed by atoms with Gasteiger partial charge in [-0.1, -0.05) is 37.3 Å². The molecule has 0 radical (unpaired) electrons. The number of ether oxygens (including phenoxy) is 1. The summed E-state index contributed by atoms with van der Waals surface area (Å²) in [5.74, 6) is -0.197. The fraction of sp³-hybridized carbons (Fsp3) is 0.312. The summed E-state index contributed by atoms with van der Waals surface area (Å²) in [6, 6.07) is 12.1. The molecule has 4 nitrogen and oxygen atoms in total. The molecule has 1 N–H and O–H groups in total. The van der Waals surface area contributed by atoms with Crippen LogP contribution in [0, 0.1) is 0 Å². The number of hydrogen-bond donors (Lipinski definition) is 1. The average Bonchev–Trinajstić information content (AvgIpc) is 3.18. The molecule has 1 unspecified atom stereocenters. The fourth-order valence-corrected chi connectivity index (χ4v) is 2.46. The lowest BCUT2D eigenvalue weighted by molar-refractivity contribution is -0.145. The lowest BCUT2D eigenvalue weighted by Gasteiger charge is -2.16. The zero-order chi connectivity index (χ0) is 14.1. The summed E-state index contributed by atoms with van der Waals surface area (Å²) in [6.45, 7) is 4.21. The van der Waals surface area contributed by atoms with Crippen LogP contribution in [0.4, 0.5) is 11.4 Å². The molecule has 4 heteroatoms. The molecule has 2 aromatic carbocycles. The van der Waals surface area contributed by atoms with Gasteiger partial charge in [0.2, 0.25) is 0 Å². The number of hydrogen-bond acceptors (Lipinski definition) is 4. The number of rotatable bonds is 5. The predicted octanol–water partition coefficient (Wildman–Crippen LogP) is 3.14. The quantitative estimate of drug-likeness (QED) is 0.669. The van der Waals surface area contributed by atoms with Gasteiger partial charge in [-0.2, -0.15) is 0 Å². The highest BCUT2D eigenvalue weighted by Crippen LogP contribution is 2.50. The Morgan fingerprint density at radius 3 is 2.80 bits per heavy atom. The zero-order valence-corrected chi connectivity index (χ0v) is 11.7. The Balaban J connectivity index is 1.80. The van der Waals surface area contributed by atoms with Crippen molar-refractivity contribution in [2.45, 2.75) is 26.3 Å². The van der Waals surface area contributed by atoms with E-state index in [1.54, 1.807) is 0 Å². The van der Waals surface area contributed by atoms with E-state index in [2.05, 4.69) is 29.7 Å². The first kappa shape index (κ1) is 12.9. The molecule has 0 saturated heterocycles. The summed E-state index contributed by atoms with van der Waals surface area (Å²) < 4.78 is 5.08. The SMILES string of the molecule is CCOC(=O)C(CC)NN1c2ccc3ccccc3c21. The smallest absolute Gasteiger partial charge is 0.324 e. The maximum Gasteiger partial charge on any atom is 0.324 e. The van der Waals surface area contributed by atoms with Gasteiger partial charge in [0.25, 0.3) is 0 Å². The van der Waals surface area contributed by atoms with E-state index in [0.717, 1.165) is 11.4 Å². The van der Waals surface area contributed by atoms with Crippen molar-refractivity contribution < 1.29 is 9.53 Å². The summed E-state index contributed by atoms with van der Waals surface area (Å²) in [7, 11) is 0. The van der Waals surface area contributed by atoms with Crippen molar-refractivity contribution in [3.63, 3.8) is 0 Å². The molecule has 0 saturated carbocycles. The van der Waals surface area contributed by atoms with Crippen LogP contribution in [0.1, 0.15) is 20.3 Å². The highest BCUT2D eigenvalue weighted by molar-refractivity contribution is 6.11. The molecule has 0 aromatic heterocycles. The number of nitrogens with one attached hydrogen (secondary N) is 1. The van der Waals surface area contributed by atoms with Crippen LogP contribution in [-0.2, 0) is 9.53 Å². The molecular formula is C16H18N2O2. The lowest BCUT2D eigenvalue weighted by atomic mass is 10.1. The van der Waals surface area contributed by atoms with Crippen molar-refractivity contribution in [1.82, 2.24) is 5.43 Å². The van der Waals surface area contributed by atoms with Gasteiger partial charge in [-0.05, 0) is 24.8 Å². The Labute approximate surface area is 118 Å². The average molecular weight is 270 g/mol. The Kier molecular flexibility index (Phi) is 3.32. The fourth-order valence-electron chi connectivity index (χ4n) is 2.46. The summed E-state index contributed by atoms with van der Waals surface area (Å²) in [5.41, 5.74) is 5.53. The highest BCUT2D eigenvalue weighted by atomic mass is 16.5. The number of fused-ring (bicyclic) bond motifs is 3. The molecule has 0 fully saturated rings. The summed E-state index contributed by atoms with van der Waals surface area (Å²) in [4.78, 5) is 11.8. The van der Waals surface area contributed by atoms with Crippen molar-refractivity contribution >= 4 is 28.1 Å². The molecule has 0 amide bonds. The number of carbonyl (C=O) groups is 1. The van der Waals surface area contributed by atoms with E-state index in [1.807, 2.05) is 31.0 Å². The van der Waals surface area contributed by atoms with Gasteiger partial charge in [0, 0.05) is 5.39 Å². The van der Waals surface area contributed by atoms with E-state index in [-0.39, 0.29) is 12.0 Å². The van der Waals surface area contributed by atoms with Crippen LogP contribution in [0.15, 0.2) is 36.4 Å². The van der Waals surface area contributed by atoms with Gasteiger partial charge >= 0.3 is 5.97 Å². The Morgan fingerprint density at radius 2 is 2.05 bits per heavy atom. The normalized spacial score (nSPS) is 14.0. The molecule has 0 bridgehead atoms. The van der Waals surface area contributed by atoms with E-state index >= 15 is 0 Å². The third-order valence-electron chi connectivity index (χ3n) is 3.56. The zero-order valence-electron chi connectivity index (χ0n) is 11.7. The maximum absolute atomic E-state index is 11.8. The summed E-state index contributed by atoms with van der Waals surface area (Å²) in [5, 5.41) is 4.39. The van der Waals surface area contributed by atoms with Crippen molar-refractivity contribution in [2.75, 3.05) is 11.6 Å². The predicted molar refractivity (Wildman–Crippen MR) is 79.9 cm³/mol. The minimum atomic E-state index is -0.305. The maximum atomic E-state index is 11.8. The monoisotopic (exact) mass is 270 g/mol. The molecule has 104 valence electrons. The lowest BCUT2D eigenvalue weighted by Crippen LogP contribution is -2.42. The Bertz CT molecular complexity index is 654. The molecule has 1 heterocycles. The minimum absolute atomic E-state index is 0.197. The van der Waals surface area contributed by atoms with Crippen LogP contribution in [0.25, 0.3) is 10.8 Å². The van der Waals surface area contributed by atoms with E-state index in [4.69, 9.17) is 4.74 Å². The van der Waals surface area contributed by atoms with E-state index in [1.165, 1.54) is 10.8 Å². The van der Waals surface area contributed by atoms with Crippen LogP contribution in [0.3, 0.4) is 0 Å². The first-order valence-electron chi connectivity index (χ1n) is 7.01. The van der Waals surface area contributed by atoms with Crippen LogP contribution in [0.2, 0.25) is 0 Å². The first-order valence-corrected chi connectivity index (χ1v) is 7.01. The van der Waals surface area contributed by atoms with Crippen LogP contribution >= 0.6 is 0 Å². The van der Waals surface area contributed by atoms with Crippen molar-refractivity contribution in [3.05, 3.63) is 36.4 Å². The van der Waals surface area contributed by atoms with Crippen molar-refractivity contribution in [3.8, 4) is 0 Å². The number of nitrogens with zero attached hydrogens (tertiary/aromatic N) is 1. The second-order valence-electron chi connectivity index (χ2n) is 4.83. The van der Waals surface area contributed by atoms with Gasteiger partial charge in [-0.3, -0.25) is 9.80 Å². The molecule has 1 aliphatic heterocycles. The van der Waals surface area contributed by atoms with Crippen LogP contribution < -0.4 is 10.4 Å². The van der Waals surface area contributed by atoms with E-state index in [9.17, 15) is 4.79 Å². The van der Waals surface area contributed by atoms with Crippen LogP contribution in [-0.4, -0.2) is 18.6 Å². The second-order valence-corrected chi connectivity index (χ2v) is 4.83. The van der Waals surface area contributed by atoms with Crippen molar-refractivity contribution in [1.29, 1.82) is 0 Å². The van der Waals surface area contributed by atoms with Crippen LogP contribution in [0.5, 0.6) is 0 Å². The van der Waals surface area contributed by atoms with Gasteiger partial charge in [-0.15, -0.1) is 0 Å². The van der Waals surface area contributed by atoms with Gasteiger partial charge in [0.15, 0.2) is 0 Å². The van der Waals surface area contributed by atoms with Crippen molar-refractivity contribution in [2.24, 2.45) is 0 Å². The van der Waals surface area contributed by atoms with E-state index in [0.29, 0.717) is 13.0 Å². The van der Waals surface area contributed by atoms with Gasteiger partial charge in [0.1, 0.15) is 6.04 Å². The topological polar surface area (TPSA) is 41.3 Å². The highest BCUT2D eigenvalue weighted by Gasteiger charge is 2.34. The number of hydrazine groups is 1. The Hall–Kier alpha value is -2.07. The number of benzene rings is 2. The largest absolute Gasteiger partial charge is 0.465 e. The number of anilines is 2. The first-order chi connectivity index (χ1) is 9.76. The second kappa shape index (κ2) is 5.13. The number of carbonyl (C=O) groups excluding carboxylic acids is 1. The van der Waals surface area contributed by atoms with Gasteiger partial charge in [0.05, 0.1) is 18.0 Å². The third-order valence-corrected chi connectivity index (χ3v) is 3.56. The Morgan fingerprint density at radius 1 is 1.25 bits per heavy atom. The minimum Gasteiger partial charge on any atom is -0.465 e. The standard InChI is InChI=1S/C16H18N2O2/c1-3-13(16(19)20-4-2)17-18-14-10-9-11-7-5-6-8-12(11)15(14)18/h5-10,13,17H,3-4H2,1-2H3. The summed E-state index contributed by atoms with van der Waals surface area (Å²) in [6.07, 6.45) is 0.696. The van der Waals surface area contributed by atoms with Gasteiger partial charge in [-0.25, -0.2) is 5.43 Å².